The molecule has 0 aliphatic carbocycles. The molecule has 1 aromatic heterocycles. The van der Waals surface area contributed by atoms with Gasteiger partial charge in [-0.25, -0.2) is 0 Å². The molecule has 94 valence electrons. The van der Waals surface area contributed by atoms with Crippen molar-refractivity contribution in [3.05, 3.63) is 50.7 Å². The van der Waals surface area contributed by atoms with E-state index in [0.717, 1.165) is 31.6 Å². The Hall–Kier alpha value is -1.03. The summed E-state index contributed by atoms with van der Waals surface area (Å²) in [7, 11) is 0. The van der Waals surface area contributed by atoms with Gasteiger partial charge < -0.3 is 5.11 Å². The maximum absolute atomic E-state index is 9.84. The van der Waals surface area contributed by atoms with E-state index >= 15 is 0 Å². The molecule has 3 rings (SSSR count). The van der Waals surface area contributed by atoms with Crippen molar-refractivity contribution in [2.24, 2.45) is 0 Å². The number of thiophene rings is 1. The molecule has 2 nitrogen and oxygen atoms in total. The zero-order valence-electron chi connectivity index (χ0n) is 9.90. The molecule has 0 atom stereocenters. The van der Waals surface area contributed by atoms with E-state index in [1.807, 2.05) is 17.4 Å². The van der Waals surface area contributed by atoms with Gasteiger partial charge in [0.15, 0.2) is 0 Å². The number of benzene rings is 1. The van der Waals surface area contributed by atoms with E-state index in [1.165, 1.54) is 10.4 Å². The lowest BCUT2D eigenvalue weighted by molar-refractivity contribution is 0.245. The Morgan fingerprint density at radius 2 is 2.22 bits per heavy atom. The number of aromatic hydroxyl groups is 1. The van der Waals surface area contributed by atoms with Gasteiger partial charge in [-0.3, -0.25) is 4.90 Å². The highest BCUT2D eigenvalue weighted by Gasteiger charge is 2.18. The van der Waals surface area contributed by atoms with Crippen LogP contribution in [-0.2, 0) is 19.5 Å². The fourth-order valence-electron chi connectivity index (χ4n) is 2.35. The fraction of sp³-hybridized carbons (Fsp3) is 0.286. The second-order valence-corrected chi connectivity index (χ2v) is 6.04. The van der Waals surface area contributed by atoms with Crippen molar-refractivity contribution in [2.75, 3.05) is 6.54 Å². The minimum atomic E-state index is 0.330. The molecular weight excluding hydrogens is 266 g/mol. The smallest absolute Gasteiger partial charge is 0.120 e. The molecular formula is C14H14ClNOS. The third-order valence-corrected chi connectivity index (χ3v) is 4.52. The Balaban J connectivity index is 1.76. The van der Waals surface area contributed by atoms with Crippen LogP contribution in [0.4, 0.5) is 0 Å². The van der Waals surface area contributed by atoms with E-state index in [1.54, 1.807) is 12.1 Å². The lowest BCUT2D eigenvalue weighted by Crippen LogP contribution is -2.29. The molecule has 0 unspecified atom stereocenters. The van der Waals surface area contributed by atoms with Crippen LogP contribution in [0.25, 0.3) is 0 Å². The van der Waals surface area contributed by atoms with E-state index in [0.29, 0.717) is 10.8 Å². The largest absolute Gasteiger partial charge is 0.508 e. The third kappa shape index (κ3) is 2.39. The summed E-state index contributed by atoms with van der Waals surface area (Å²) < 4.78 is 0. The lowest BCUT2D eigenvalue weighted by atomic mass is 10.1. The molecule has 1 N–H and O–H groups in total. The van der Waals surface area contributed by atoms with Crippen molar-refractivity contribution in [3.63, 3.8) is 0 Å². The first kappa shape index (κ1) is 12.0. The maximum Gasteiger partial charge on any atom is 0.120 e. The summed E-state index contributed by atoms with van der Waals surface area (Å²) in [5.41, 5.74) is 2.38. The highest BCUT2D eigenvalue weighted by molar-refractivity contribution is 7.10. The summed E-state index contributed by atoms with van der Waals surface area (Å²) in [5, 5.41) is 12.7. The third-order valence-electron chi connectivity index (χ3n) is 3.34. The standard InChI is InChI=1S/C14H14ClNOS/c15-12-1-2-13(17)11(7-12)8-16-5-3-10-4-6-18-14(10)9-16/h1-2,4,6-7,17H,3,5,8-9H2. The molecule has 0 spiro atoms. The van der Waals surface area contributed by atoms with Crippen molar-refractivity contribution >= 4 is 22.9 Å². The summed E-state index contributed by atoms with van der Waals surface area (Å²) >= 11 is 7.79. The van der Waals surface area contributed by atoms with E-state index < -0.39 is 0 Å². The zero-order chi connectivity index (χ0) is 12.5. The van der Waals surface area contributed by atoms with Crippen molar-refractivity contribution < 1.29 is 5.11 Å². The molecule has 0 fully saturated rings. The monoisotopic (exact) mass is 279 g/mol. The Labute approximate surface area is 115 Å². The van der Waals surface area contributed by atoms with Gasteiger partial charge in [0.25, 0.3) is 0 Å². The van der Waals surface area contributed by atoms with Crippen molar-refractivity contribution in [1.29, 1.82) is 0 Å². The molecule has 4 heteroatoms. The molecule has 0 saturated heterocycles. The number of phenolic OH excluding ortho intramolecular Hbond substituents is 1. The van der Waals surface area contributed by atoms with E-state index in [2.05, 4.69) is 16.3 Å². The average molecular weight is 280 g/mol. The topological polar surface area (TPSA) is 23.5 Å². The minimum absolute atomic E-state index is 0.330. The van der Waals surface area contributed by atoms with Gasteiger partial charge >= 0.3 is 0 Å². The normalized spacial score (nSPS) is 15.6. The Morgan fingerprint density at radius 3 is 3.11 bits per heavy atom. The van der Waals surface area contributed by atoms with Gasteiger partial charge in [0.1, 0.15) is 5.75 Å². The summed E-state index contributed by atoms with van der Waals surface area (Å²) in [6.07, 6.45) is 1.10. The van der Waals surface area contributed by atoms with E-state index in [9.17, 15) is 5.11 Å². The van der Waals surface area contributed by atoms with Crippen LogP contribution in [0.2, 0.25) is 5.02 Å². The molecule has 0 radical (unpaired) electrons. The average Bonchev–Trinajstić information content (AvgIpc) is 2.81. The predicted molar refractivity (Wildman–Crippen MR) is 75.3 cm³/mol. The predicted octanol–water partition coefficient (Wildman–Crippen LogP) is 3.67. The number of rotatable bonds is 2. The fourth-order valence-corrected chi connectivity index (χ4v) is 3.52. The van der Waals surface area contributed by atoms with Crippen LogP contribution >= 0.6 is 22.9 Å². The van der Waals surface area contributed by atoms with Crippen LogP contribution in [0.3, 0.4) is 0 Å². The minimum Gasteiger partial charge on any atom is -0.508 e. The highest BCUT2D eigenvalue weighted by atomic mass is 35.5. The number of fused-ring (bicyclic) bond motifs is 1. The highest BCUT2D eigenvalue weighted by Crippen LogP contribution is 2.28. The number of phenols is 1. The zero-order valence-corrected chi connectivity index (χ0v) is 11.5. The van der Waals surface area contributed by atoms with Gasteiger partial charge in [0.2, 0.25) is 0 Å². The van der Waals surface area contributed by atoms with Gasteiger partial charge in [0.05, 0.1) is 0 Å². The molecule has 1 aromatic carbocycles. The van der Waals surface area contributed by atoms with Gasteiger partial charge in [-0.15, -0.1) is 11.3 Å². The molecule has 0 amide bonds. The van der Waals surface area contributed by atoms with Crippen LogP contribution in [-0.4, -0.2) is 16.6 Å². The van der Waals surface area contributed by atoms with Crippen molar-refractivity contribution in [2.45, 2.75) is 19.5 Å². The Morgan fingerprint density at radius 1 is 1.33 bits per heavy atom. The Kier molecular flexibility index (Phi) is 3.29. The quantitative estimate of drug-likeness (QED) is 0.907. The van der Waals surface area contributed by atoms with Gasteiger partial charge in [-0.05, 0) is 41.6 Å². The number of nitrogens with zero attached hydrogens (tertiary/aromatic N) is 1. The molecule has 18 heavy (non-hydrogen) atoms. The molecule has 0 saturated carbocycles. The summed E-state index contributed by atoms with van der Waals surface area (Å²) in [5.74, 6) is 0.330. The van der Waals surface area contributed by atoms with Gasteiger partial charge in [-0.1, -0.05) is 11.6 Å². The van der Waals surface area contributed by atoms with E-state index in [4.69, 9.17) is 11.6 Å². The number of hydrogen-bond donors (Lipinski definition) is 1. The lowest BCUT2D eigenvalue weighted by Gasteiger charge is -2.27. The maximum atomic E-state index is 9.84. The van der Waals surface area contributed by atoms with Crippen molar-refractivity contribution in [3.8, 4) is 5.75 Å². The number of halogens is 1. The Bertz CT molecular complexity index is 567. The molecule has 2 aromatic rings. The molecule has 1 aliphatic rings. The van der Waals surface area contributed by atoms with Crippen LogP contribution in [0, 0.1) is 0 Å². The van der Waals surface area contributed by atoms with Crippen LogP contribution in [0.15, 0.2) is 29.6 Å². The summed E-state index contributed by atoms with van der Waals surface area (Å²) in [4.78, 5) is 3.80. The van der Waals surface area contributed by atoms with Gasteiger partial charge in [-0.2, -0.15) is 0 Å². The van der Waals surface area contributed by atoms with E-state index in [-0.39, 0.29) is 0 Å². The van der Waals surface area contributed by atoms with Crippen LogP contribution < -0.4 is 0 Å². The first-order valence-corrected chi connectivity index (χ1v) is 7.23. The second kappa shape index (κ2) is 4.92. The summed E-state index contributed by atoms with van der Waals surface area (Å²) in [6, 6.07) is 7.45. The first-order valence-electron chi connectivity index (χ1n) is 5.97. The van der Waals surface area contributed by atoms with Crippen molar-refractivity contribution in [1.82, 2.24) is 4.90 Å². The SMILES string of the molecule is Oc1ccc(Cl)cc1CN1CCc2ccsc2C1. The second-order valence-electron chi connectivity index (χ2n) is 4.60. The van der Waals surface area contributed by atoms with Gasteiger partial charge in [0, 0.05) is 35.1 Å². The molecule has 0 bridgehead atoms. The molecule has 1 aliphatic heterocycles. The van der Waals surface area contributed by atoms with Crippen LogP contribution in [0.5, 0.6) is 5.75 Å². The number of hydrogen-bond acceptors (Lipinski definition) is 3. The first-order chi connectivity index (χ1) is 8.72. The molecule has 2 heterocycles. The van der Waals surface area contributed by atoms with Crippen LogP contribution in [0.1, 0.15) is 16.0 Å². The summed E-state index contributed by atoms with van der Waals surface area (Å²) in [6.45, 7) is 2.76.